The first-order valence-corrected chi connectivity index (χ1v) is 8.63. The van der Waals surface area contributed by atoms with Gasteiger partial charge in [0.2, 0.25) is 5.91 Å². The van der Waals surface area contributed by atoms with Crippen LogP contribution in [0.2, 0.25) is 0 Å². The summed E-state index contributed by atoms with van der Waals surface area (Å²) < 4.78 is 0. The molecule has 2 aromatic carbocycles. The Morgan fingerprint density at radius 3 is 2.04 bits per heavy atom. The average Bonchev–Trinajstić information content (AvgIpc) is 2.67. The first-order valence-electron chi connectivity index (χ1n) is 8.63. The maximum absolute atomic E-state index is 12.4. The summed E-state index contributed by atoms with van der Waals surface area (Å²) in [6.45, 7) is 3.81. The van der Waals surface area contributed by atoms with E-state index in [0.29, 0.717) is 5.56 Å². The van der Waals surface area contributed by atoms with Gasteiger partial charge in [0.25, 0.3) is 5.91 Å². The van der Waals surface area contributed by atoms with Gasteiger partial charge in [-0.1, -0.05) is 43.3 Å². The van der Waals surface area contributed by atoms with E-state index in [9.17, 15) is 9.59 Å². The van der Waals surface area contributed by atoms with Gasteiger partial charge in [-0.2, -0.15) is 0 Å². The maximum atomic E-state index is 12.4. The summed E-state index contributed by atoms with van der Waals surface area (Å²) >= 11 is 0. The largest absolute Gasteiger partial charge is 0.347 e. The van der Waals surface area contributed by atoms with E-state index in [0.717, 1.165) is 17.5 Å². The van der Waals surface area contributed by atoms with Crippen LogP contribution >= 0.6 is 0 Å². The second-order valence-corrected chi connectivity index (χ2v) is 6.31. The molecule has 5 N–H and O–H groups in total. The number of nitrogens with one attached hydrogen (secondary N) is 2. The highest BCUT2D eigenvalue weighted by atomic mass is 16.5. The SMILES string of the molecule is CCc1ccc(-c2ccc(C(=O)NC(CC(=O)NO)C(C)N)cc2)cc1. The summed E-state index contributed by atoms with van der Waals surface area (Å²) in [6.07, 6.45) is 0.899. The van der Waals surface area contributed by atoms with Gasteiger partial charge in [-0.25, -0.2) is 5.48 Å². The van der Waals surface area contributed by atoms with Gasteiger partial charge >= 0.3 is 0 Å². The minimum absolute atomic E-state index is 0.0955. The van der Waals surface area contributed by atoms with Crippen molar-refractivity contribution in [2.45, 2.75) is 38.8 Å². The molecule has 26 heavy (non-hydrogen) atoms. The van der Waals surface area contributed by atoms with Crippen molar-refractivity contribution < 1.29 is 14.8 Å². The Morgan fingerprint density at radius 2 is 1.58 bits per heavy atom. The highest BCUT2D eigenvalue weighted by Gasteiger charge is 2.20. The van der Waals surface area contributed by atoms with E-state index in [1.54, 1.807) is 24.5 Å². The number of aryl methyl sites for hydroxylation is 1. The fourth-order valence-electron chi connectivity index (χ4n) is 2.61. The van der Waals surface area contributed by atoms with Crippen LogP contribution < -0.4 is 16.5 Å². The van der Waals surface area contributed by atoms with E-state index < -0.39 is 18.0 Å². The quantitative estimate of drug-likeness (QED) is 0.452. The predicted octanol–water partition coefficient (Wildman–Crippen LogP) is 2.26. The molecule has 6 nitrogen and oxygen atoms in total. The van der Waals surface area contributed by atoms with Crippen molar-refractivity contribution in [1.29, 1.82) is 0 Å². The van der Waals surface area contributed by atoms with Crippen LogP contribution in [0.5, 0.6) is 0 Å². The Bertz CT molecular complexity index is 740. The van der Waals surface area contributed by atoms with E-state index in [-0.39, 0.29) is 12.3 Å². The molecule has 0 spiro atoms. The van der Waals surface area contributed by atoms with Crippen LogP contribution in [0.15, 0.2) is 48.5 Å². The summed E-state index contributed by atoms with van der Waals surface area (Å²) in [7, 11) is 0. The Morgan fingerprint density at radius 1 is 1.04 bits per heavy atom. The predicted molar refractivity (Wildman–Crippen MR) is 101 cm³/mol. The van der Waals surface area contributed by atoms with Crippen LogP contribution in [0.25, 0.3) is 11.1 Å². The summed E-state index contributed by atoms with van der Waals surface area (Å²) in [6, 6.07) is 14.6. The standard InChI is InChI=1S/C20H25N3O3/c1-3-14-4-6-15(7-5-14)16-8-10-17(11-9-16)20(25)22-18(13(2)21)12-19(24)23-26/h4-11,13,18,26H,3,12,21H2,1-2H3,(H,22,25)(H,23,24). The Hall–Kier alpha value is -2.70. The summed E-state index contributed by atoms with van der Waals surface area (Å²) in [5, 5.41) is 11.4. The number of benzene rings is 2. The van der Waals surface area contributed by atoms with Crippen molar-refractivity contribution >= 4 is 11.8 Å². The second kappa shape index (κ2) is 9.12. The molecule has 0 heterocycles. The maximum Gasteiger partial charge on any atom is 0.251 e. The Labute approximate surface area is 153 Å². The van der Waals surface area contributed by atoms with Crippen LogP contribution in [-0.2, 0) is 11.2 Å². The fraction of sp³-hybridized carbons (Fsp3) is 0.300. The van der Waals surface area contributed by atoms with Crippen molar-refractivity contribution in [2.24, 2.45) is 5.73 Å². The zero-order chi connectivity index (χ0) is 19.1. The molecular formula is C20H25N3O3. The Balaban J connectivity index is 2.08. The third-order valence-corrected chi connectivity index (χ3v) is 4.32. The van der Waals surface area contributed by atoms with Gasteiger partial charge in [-0.05, 0) is 42.2 Å². The molecule has 2 aromatic rings. The zero-order valence-electron chi connectivity index (χ0n) is 15.0. The first kappa shape index (κ1) is 19.6. The fourth-order valence-corrected chi connectivity index (χ4v) is 2.61. The molecule has 0 aromatic heterocycles. The van der Waals surface area contributed by atoms with Gasteiger partial charge in [0.15, 0.2) is 0 Å². The van der Waals surface area contributed by atoms with E-state index >= 15 is 0 Å². The molecule has 0 bridgehead atoms. The molecule has 2 atom stereocenters. The van der Waals surface area contributed by atoms with E-state index in [1.165, 1.54) is 5.56 Å². The third-order valence-electron chi connectivity index (χ3n) is 4.32. The van der Waals surface area contributed by atoms with Crippen molar-refractivity contribution in [3.8, 4) is 11.1 Å². The molecule has 0 saturated carbocycles. The molecule has 0 aliphatic carbocycles. The minimum atomic E-state index is -0.599. The lowest BCUT2D eigenvalue weighted by atomic mass is 10.0. The molecule has 6 heteroatoms. The van der Waals surface area contributed by atoms with Crippen molar-refractivity contribution in [3.05, 3.63) is 59.7 Å². The lowest BCUT2D eigenvalue weighted by Crippen LogP contribution is -2.48. The topological polar surface area (TPSA) is 104 Å². The Kier molecular flexibility index (Phi) is 6.89. The van der Waals surface area contributed by atoms with Gasteiger partial charge in [0.1, 0.15) is 0 Å². The number of hydrogen-bond acceptors (Lipinski definition) is 4. The van der Waals surface area contributed by atoms with E-state index in [2.05, 4.69) is 36.5 Å². The minimum Gasteiger partial charge on any atom is -0.347 e. The lowest BCUT2D eigenvalue weighted by molar-refractivity contribution is -0.129. The van der Waals surface area contributed by atoms with Crippen LogP contribution in [0.3, 0.4) is 0 Å². The number of nitrogens with two attached hydrogens (primary N) is 1. The summed E-state index contributed by atoms with van der Waals surface area (Å²) in [4.78, 5) is 23.7. The van der Waals surface area contributed by atoms with E-state index in [1.807, 2.05) is 12.1 Å². The number of rotatable bonds is 7. The van der Waals surface area contributed by atoms with Gasteiger partial charge in [-0.3, -0.25) is 14.8 Å². The molecule has 0 aliphatic heterocycles. The highest BCUT2D eigenvalue weighted by Crippen LogP contribution is 2.20. The summed E-state index contributed by atoms with van der Waals surface area (Å²) in [5.41, 5.74) is 11.2. The molecule has 0 fully saturated rings. The van der Waals surface area contributed by atoms with Crippen LogP contribution in [-0.4, -0.2) is 29.1 Å². The number of hydrogen-bond donors (Lipinski definition) is 4. The number of amides is 2. The highest BCUT2D eigenvalue weighted by molar-refractivity contribution is 5.95. The van der Waals surface area contributed by atoms with Crippen LogP contribution in [0, 0.1) is 0 Å². The van der Waals surface area contributed by atoms with Crippen LogP contribution in [0.4, 0.5) is 0 Å². The first-order chi connectivity index (χ1) is 12.4. The zero-order valence-corrected chi connectivity index (χ0v) is 15.0. The smallest absolute Gasteiger partial charge is 0.251 e. The third kappa shape index (κ3) is 5.15. The van der Waals surface area contributed by atoms with Crippen molar-refractivity contribution in [1.82, 2.24) is 10.8 Å². The molecule has 0 aliphatic rings. The molecule has 138 valence electrons. The van der Waals surface area contributed by atoms with Gasteiger partial charge in [0.05, 0.1) is 12.5 Å². The van der Waals surface area contributed by atoms with Crippen molar-refractivity contribution in [3.63, 3.8) is 0 Å². The molecule has 0 radical (unpaired) electrons. The molecular weight excluding hydrogens is 330 g/mol. The molecule has 2 rings (SSSR count). The number of carbonyl (C=O) groups excluding carboxylic acids is 2. The molecule has 2 unspecified atom stereocenters. The van der Waals surface area contributed by atoms with Crippen molar-refractivity contribution in [2.75, 3.05) is 0 Å². The van der Waals surface area contributed by atoms with Crippen LogP contribution in [0.1, 0.15) is 36.2 Å². The second-order valence-electron chi connectivity index (χ2n) is 6.31. The number of carbonyl (C=O) groups is 2. The van der Waals surface area contributed by atoms with Gasteiger partial charge in [0, 0.05) is 11.6 Å². The van der Waals surface area contributed by atoms with E-state index in [4.69, 9.17) is 10.9 Å². The normalized spacial score (nSPS) is 12.9. The monoisotopic (exact) mass is 355 g/mol. The average molecular weight is 355 g/mol. The molecule has 0 saturated heterocycles. The number of hydroxylamine groups is 1. The van der Waals surface area contributed by atoms with Gasteiger partial charge < -0.3 is 11.1 Å². The molecule has 2 amide bonds. The lowest BCUT2D eigenvalue weighted by Gasteiger charge is -2.21. The van der Waals surface area contributed by atoms with Gasteiger partial charge in [-0.15, -0.1) is 0 Å². The summed E-state index contributed by atoms with van der Waals surface area (Å²) in [5.74, 6) is -0.913.